The highest BCUT2D eigenvalue weighted by atomic mass is 35.5. The number of halogens is 2. The van der Waals surface area contributed by atoms with Gasteiger partial charge in [-0.15, -0.1) is 0 Å². The van der Waals surface area contributed by atoms with Crippen LogP contribution in [0.2, 0.25) is 10.0 Å². The number of rotatable bonds is 5. The van der Waals surface area contributed by atoms with Crippen LogP contribution >= 0.6 is 23.2 Å². The molecule has 1 saturated carbocycles. The third-order valence-electron chi connectivity index (χ3n) is 6.36. The van der Waals surface area contributed by atoms with Crippen LogP contribution in [0.15, 0.2) is 42.5 Å². The van der Waals surface area contributed by atoms with Crippen LogP contribution in [0.25, 0.3) is 0 Å². The van der Waals surface area contributed by atoms with Crippen LogP contribution in [0.1, 0.15) is 55.2 Å². The van der Waals surface area contributed by atoms with Crippen LogP contribution in [0.5, 0.6) is 0 Å². The molecule has 2 aromatic carbocycles. The Kier molecular flexibility index (Phi) is 6.12. The van der Waals surface area contributed by atoms with Gasteiger partial charge in [0.1, 0.15) is 0 Å². The van der Waals surface area contributed by atoms with Crippen LogP contribution < -0.4 is 10.6 Å². The summed E-state index contributed by atoms with van der Waals surface area (Å²) >= 11 is 12.5. The second kappa shape index (κ2) is 8.76. The molecule has 3 unspecified atom stereocenters. The molecule has 2 aliphatic rings. The molecule has 1 saturated heterocycles. The molecule has 0 aromatic heterocycles. The van der Waals surface area contributed by atoms with Gasteiger partial charge < -0.3 is 10.6 Å². The van der Waals surface area contributed by atoms with Crippen molar-refractivity contribution >= 4 is 41.2 Å². The summed E-state index contributed by atoms with van der Waals surface area (Å²) in [5.74, 6) is 0.784. The Morgan fingerprint density at radius 2 is 1.79 bits per heavy atom. The summed E-state index contributed by atoms with van der Waals surface area (Å²) in [6, 6.07) is 13.1. The minimum absolute atomic E-state index is 0.0222. The molecular weight excluding hydrogens is 407 g/mol. The molecule has 0 bridgehead atoms. The maximum Gasteiger partial charge on any atom is 0.220 e. The summed E-state index contributed by atoms with van der Waals surface area (Å²) < 4.78 is 0. The number of carbonyl (C=O) groups is 2. The topological polar surface area (TPSA) is 58.2 Å². The summed E-state index contributed by atoms with van der Waals surface area (Å²) in [6.07, 6.45) is 5.86. The molecule has 152 valence electrons. The molecule has 29 heavy (non-hydrogen) atoms. The smallest absolute Gasteiger partial charge is 0.220 e. The lowest BCUT2D eigenvalue weighted by Crippen LogP contribution is -2.44. The molecule has 1 aliphatic heterocycles. The molecule has 0 radical (unpaired) electrons. The average Bonchev–Trinajstić information content (AvgIpc) is 3.23. The first-order valence-electron chi connectivity index (χ1n) is 10.1. The highest BCUT2D eigenvalue weighted by Crippen LogP contribution is 2.50. The van der Waals surface area contributed by atoms with E-state index < -0.39 is 0 Å². The van der Waals surface area contributed by atoms with Crippen molar-refractivity contribution in [3.8, 4) is 0 Å². The van der Waals surface area contributed by atoms with E-state index >= 15 is 0 Å². The highest BCUT2D eigenvalue weighted by molar-refractivity contribution is 6.31. The molecule has 4 nitrogen and oxygen atoms in total. The standard InChI is InChI=1S/C23H24Cl2N2O2/c24-16-7-3-6-15(10-16)23-22(18-9-8-17(25)11-20(18)26-13-28)19(12-21(29)27-23)14-4-1-2-5-14/h3,6-11,13-14,19,22-23H,1-2,4-5,12H2,(H,26,28)(H,27,29). The first-order chi connectivity index (χ1) is 14.1. The second-order valence-corrected chi connectivity index (χ2v) is 8.91. The lowest BCUT2D eigenvalue weighted by atomic mass is 9.68. The van der Waals surface area contributed by atoms with E-state index in [0.29, 0.717) is 34.5 Å². The second-order valence-electron chi connectivity index (χ2n) is 8.03. The van der Waals surface area contributed by atoms with Crippen LogP contribution in [0, 0.1) is 11.8 Å². The van der Waals surface area contributed by atoms with Gasteiger partial charge in [-0.2, -0.15) is 0 Å². The van der Waals surface area contributed by atoms with Gasteiger partial charge in [0.2, 0.25) is 12.3 Å². The first-order valence-corrected chi connectivity index (χ1v) is 10.9. The number of anilines is 1. The SMILES string of the molecule is O=CNc1cc(Cl)ccc1C1C(c2cccc(Cl)c2)NC(=O)CC1C1CCCC1. The number of nitrogens with one attached hydrogen (secondary N) is 2. The summed E-state index contributed by atoms with van der Waals surface area (Å²) in [6.45, 7) is 0. The molecule has 2 fully saturated rings. The van der Waals surface area contributed by atoms with Gasteiger partial charge in [-0.05, 0) is 47.2 Å². The van der Waals surface area contributed by atoms with Crippen molar-refractivity contribution in [1.82, 2.24) is 5.32 Å². The van der Waals surface area contributed by atoms with E-state index in [-0.39, 0.29) is 23.8 Å². The Hall–Kier alpha value is -2.04. The van der Waals surface area contributed by atoms with Crippen molar-refractivity contribution in [3.05, 3.63) is 63.6 Å². The van der Waals surface area contributed by atoms with Crippen molar-refractivity contribution in [2.45, 2.75) is 44.1 Å². The molecule has 2 N–H and O–H groups in total. The predicted molar refractivity (Wildman–Crippen MR) is 116 cm³/mol. The van der Waals surface area contributed by atoms with Crippen molar-refractivity contribution in [1.29, 1.82) is 0 Å². The molecule has 2 amide bonds. The van der Waals surface area contributed by atoms with E-state index in [1.807, 2.05) is 36.4 Å². The largest absolute Gasteiger partial charge is 0.349 e. The lowest BCUT2D eigenvalue weighted by molar-refractivity contribution is -0.126. The third-order valence-corrected chi connectivity index (χ3v) is 6.83. The van der Waals surface area contributed by atoms with Gasteiger partial charge in [-0.3, -0.25) is 9.59 Å². The van der Waals surface area contributed by atoms with Crippen molar-refractivity contribution in [2.24, 2.45) is 11.8 Å². The van der Waals surface area contributed by atoms with E-state index in [4.69, 9.17) is 23.2 Å². The van der Waals surface area contributed by atoms with Crippen LogP contribution in [0.4, 0.5) is 5.69 Å². The van der Waals surface area contributed by atoms with E-state index in [1.165, 1.54) is 12.8 Å². The minimum atomic E-state index is -0.214. The van der Waals surface area contributed by atoms with Gasteiger partial charge in [0.25, 0.3) is 0 Å². The van der Waals surface area contributed by atoms with Gasteiger partial charge in [0.15, 0.2) is 0 Å². The molecule has 6 heteroatoms. The van der Waals surface area contributed by atoms with E-state index in [9.17, 15) is 9.59 Å². The van der Waals surface area contributed by atoms with Gasteiger partial charge in [0.05, 0.1) is 6.04 Å². The Morgan fingerprint density at radius 1 is 1.03 bits per heavy atom. The van der Waals surface area contributed by atoms with Gasteiger partial charge in [-0.1, -0.05) is 67.1 Å². The molecular formula is C23H24Cl2N2O2. The summed E-state index contributed by atoms with van der Waals surface area (Å²) in [4.78, 5) is 24.0. The Morgan fingerprint density at radius 3 is 2.52 bits per heavy atom. The quantitative estimate of drug-likeness (QED) is 0.596. The molecule has 1 heterocycles. The predicted octanol–water partition coefficient (Wildman–Crippen LogP) is 5.71. The maximum atomic E-state index is 12.7. The molecule has 0 spiro atoms. The maximum absolute atomic E-state index is 12.7. The monoisotopic (exact) mass is 430 g/mol. The van der Waals surface area contributed by atoms with Crippen molar-refractivity contribution < 1.29 is 9.59 Å². The fraction of sp³-hybridized carbons (Fsp3) is 0.391. The van der Waals surface area contributed by atoms with E-state index in [2.05, 4.69) is 10.6 Å². The van der Waals surface area contributed by atoms with Crippen LogP contribution in [-0.2, 0) is 9.59 Å². The fourth-order valence-corrected chi connectivity index (χ4v) is 5.54. The average molecular weight is 431 g/mol. The number of piperidine rings is 1. The highest BCUT2D eigenvalue weighted by Gasteiger charge is 2.43. The first kappa shape index (κ1) is 20.2. The molecule has 2 aromatic rings. The third kappa shape index (κ3) is 4.29. The summed E-state index contributed by atoms with van der Waals surface area (Å²) in [5.41, 5.74) is 2.68. The minimum Gasteiger partial charge on any atom is -0.349 e. The normalized spacial score (nSPS) is 24.9. The van der Waals surface area contributed by atoms with E-state index in [0.717, 1.165) is 24.0 Å². The molecule has 4 rings (SSSR count). The zero-order valence-electron chi connectivity index (χ0n) is 16.0. The molecule has 3 atom stereocenters. The zero-order valence-corrected chi connectivity index (χ0v) is 17.5. The van der Waals surface area contributed by atoms with Crippen molar-refractivity contribution in [2.75, 3.05) is 5.32 Å². The fourth-order valence-electron chi connectivity index (χ4n) is 5.16. The Labute approximate surface area is 181 Å². The number of hydrogen-bond acceptors (Lipinski definition) is 2. The number of benzene rings is 2. The number of amides is 2. The Bertz CT molecular complexity index is 912. The van der Waals surface area contributed by atoms with Crippen molar-refractivity contribution in [3.63, 3.8) is 0 Å². The summed E-state index contributed by atoms with van der Waals surface area (Å²) in [7, 11) is 0. The van der Waals surface area contributed by atoms with E-state index in [1.54, 1.807) is 6.07 Å². The van der Waals surface area contributed by atoms with Crippen LogP contribution in [-0.4, -0.2) is 12.3 Å². The molecule has 1 aliphatic carbocycles. The lowest BCUT2D eigenvalue weighted by Gasteiger charge is -2.42. The van der Waals surface area contributed by atoms with Gasteiger partial charge in [-0.25, -0.2) is 0 Å². The number of carbonyl (C=O) groups excluding carboxylic acids is 2. The van der Waals surface area contributed by atoms with Gasteiger partial charge in [0, 0.05) is 28.1 Å². The Balaban J connectivity index is 1.84. The number of hydrogen-bond donors (Lipinski definition) is 2. The zero-order chi connectivity index (χ0) is 20.4. The van der Waals surface area contributed by atoms with Crippen LogP contribution in [0.3, 0.4) is 0 Å². The summed E-state index contributed by atoms with van der Waals surface area (Å²) in [5, 5.41) is 7.22. The van der Waals surface area contributed by atoms with Gasteiger partial charge >= 0.3 is 0 Å².